The molecule has 2 heterocycles. The molecule has 2 heteroatoms. The lowest BCUT2D eigenvalue weighted by Crippen LogP contribution is -1.93. The fourth-order valence-electron chi connectivity index (χ4n) is 5.90. The molecule has 178 valence electrons. The van der Waals surface area contributed by atoms with Crippen molar-refractivity contribution < 1.29 is 0 Å². The average Bonchev–Trinajstić information content (AvgIpc) is 3.52. The van der Waals surface area contributed by atoms with Gasteiger partial charge in [0.1, 0.15) is 0 Å². The van der Waals surface area contributed by atoms with E-state index < -0.39 is 0 Å². The van der Waals surface area contributed by atoms with E-state index in [0.717, 1.165) is 11.2 Å². The molecule has 0 unspecified atom stereocenters. The SMILES string of the molecule is c1ccc(-c2ccc3c(c2)c2cc(-c4ccccc4)ccc2n3-c2ccc3c(c2)[nH]c2ccccc23)cc1. The van der Waals surface area contributed by atoms with Gasteiger partial charge < -0.3 is 9.55 Å². The normalized spacial score (nSPS) is 11.7. The molecule has 0 bridgehead atoms. The van der Waals surface area contributed by atoms with Crippen LogP contribution in [0.4, 0.5) is 0 Å². The van der Waals surface area contributed by atoms with Crippen molar-refractivity contribution in [2.45, 2.75) is 0 Å². The first-order valence-corrected chi connectivity index (χ1v) is 13.0. The molecular formula is C36H24N2. The Kier molecular flexibility index (Phi) is 4.55. The minimum absolute atomic E-state index is 1.15. The zero-order chi connectivity index (χ0) is 25.1. The Morgan fingerprint density at radius 1 is 0.368 bits per heavy atom. The molecule has 2 aromatic heterocycles. The van der Waals surface area contributed by atoms with Crippen molar-refractivity contribution in [1.29, 1.82) is 0 Å². The van der Waals surface area contributed by atoms with Crippen LogP contribution in [0.3, 0.4) is 0 Å². The lowest BCUT2D eigenvalue weighted by molar-refractivity contribution is 1.18. The van der Waals surface area contributed by atoms with Gasteiger partial charge in [0.2, 0.25) is 0 Å². The first kappa shape index (κ1) is 21.0. The summed E-state index contributed by atoms with van der Waals surface area (Å²) in [6.45, 7) is 0. The standard InChI is InChI=1S/C36H24N2/c1-3-9-24(10-4-1)26-15-19-35-31(21-26)32-22-27(25-11-5-2-6-12-25)16-20-36(32)38(35)28-17-18-30-29-13-7-8-14-33(29)37-34(30)23-28/h1-23,37H. The molecule has 0 aliphatic carbocycles. The molecule has 0 aliphatic rings. The molecule has 2 nitrogen and oxygen atoms in total. The third-order valence-corrected chi connectivity index (χ3v) is 7.73. The second-order valence-electron chi connectivity index (χ2n) is 9.93. The zero-order valence-electron chi connectivity index (χ0n) is 20.7. The van der Waals surface area contributed by atoms with Crippen molar-refractivity contribution in [3.05, 3.63) is 140 Å². The number of fused-ring (bicyclic) bond motifs is 6. The fraction of sp³-hybridized carbons (Fsp3) is 0. The van der Waals surface area contributed by atoms with E-state index in [4.69, 9.17) is 0 Å². The molecule has 0 fully saturated rings. The minimum atomic E-state index is 1.15. The Balaban J connectivity index is 1.41. The summed E-state index contributed by atoms with van der Waals surface area (Å²) in [5, 5.41) is 5.03. The number of nitrogens with one attached hydrogen (secondary N) is 1. The molecule has 0 saturated heterocycles. The van der Waals surface area contributed by atoms with Crippen molar-refractivity contribution >= 4 is 43.6 Å². The zero-order valence-corrected chi connectivity index (χ0v) is 20.7. The van der Waals surface area contributed by atoms with Crippen LogP contribution >= 0.6 is 0 Å². The van der Waals surface area contributed by atoms with Gasteiger partial charge in [-0.3, -0.25) is 0 Å². The number of hydrogen-bond donors (Lipinski definition) is 1. The van der Waals surface area contributed by atoms with E-state index in [1.165, 1.54) is 60.3 Å². The largest absolute Gasteiger partial charge is 0.354 e. The van der Waals surface area contributed by atoms with Crippen LogP contribution in [0.2, 0.25) is 0 Å². The lowest BCUT2D eigenvalue weighted by Gasteiger charge is -2.09. The van der Waals surface area contributed by atoms with Gasteiger partial charge in [-0.25, -0.2) is 0 Å². The maximum Gasteiger partial charge on any atom is 0.0541 e. The molecule has 0 saturated carbocycles. The third-order valence-electron chi connectivity index (χ3n) is 7.73. The van der Waals surface area contributed by atoms with Crippen LogP contribution in [0.1, 0.15) is 0 Å². The molecular weight excluding hydrogens is 460 g/mol. The summed E-state index contributed by atoms with van der Waals surface area (Å²) in [6.07, 6.45) is 0. The van der Waals surface area contributed by atoms with Crippen molar-refractivity contribution in [3.8, 4) is 27.9 Å². The van der Waals surface area contributed by atoms with Crippen LogP contribution in [0.5, 0.6) is 0 Å². The molecule has 0 atom stereocenters. The van der Waals surface area contributed by atoms with Crippen LogP contribution in [-0.2, 0) is 0 Å². The van der Waals surface area contributed by atoms with Gasteiger partial charge in [-0.05, 0) is 64.7 Å². The number of para-hydroxylation sites is 1. The van der Waals surface area contributed by atoms with E-state index in [1.54, 1.807) is 0 Å². The van der Waals surface area contributed by atoms with Crippen molar-refractivity contribution in [1.82, 2.24) is 9.55 Å². The minimum Gasteiger partial charge on any atom is -0.354 e. The highest BCUT2D eigenvalue weighted by Crippen LogP contribution is 2.38. The summed E-state index contributed by atoms with van der Waals surface area (Å²) < 4.78 is 2.40. The highest BCUT2D eigenvalue weighted by Gasteiger charge is 2.15. The van der Waals surface area contributed by atoms with Gasteiger partial charge >= 0.3 is 0 Å². The quantitative estimate of drug-likeness (QED) is 0.258. The maximum absolute atomic E-state index is 3.62. The third kappa shape index (κ3) is 3.21. The summed E-state index contributed by atoms with van der Waals surface area (Å²) in [4.78, 5) is 3.62. The van der Waals surface area contributed by atoms with E-state index >= 15 is 0 Å². The maximum atomic E-state index is 3.62. The van der Waals surface area contributed by atoms with E-state index in [1.807, 2.05) is 0 Å². The second kappa shape index (κ2) is 8.22. The molecule has 8 rings (SSSR count). The monoisotopic (exact) mass is 484 g/mol. The molecule has 1 N–H and O–H groups in total. The first-order chi connectivity index (χ1) is 18.8. The molecule has 0 radical (unpaired) electrons. The lowest BCUT2D eigenvalue weighted by atomic mass is 10.0. The molecule has 8 aromatic rings. The molecule has 6 aromatic carbocycles. The van der Waals surface area contributed by atoms with Crippen molar-refractivity contribution in [2.75, 3.05) is 0 Å². The molecule has 0 aliphatic heterocycles. The molecule has 0 amide bonds. The summed E-state index contributed by atoms with van der Waals surface area (Å²) >= 11 is 0. The van der Waals surface area contributed by atoms with Gasteiger partial charge in [0, 0.05) is 38.3 Å². The summed E-state index contributed by atoms with van der Waals surface area (Å²) in [5.74, 6) is 0. The van der Waals surface area contributed by atoms with E-state index in [-0.39, 0.29) is 0 Å². The van der Waals surface area contributed by atoms with Gasteiger partial charge in [0.25, 0.3) is 0 Å². The van der Waals surface area contributed by atoms with Gasteiger partial charge in [-0.2, -0.15) is 0 Å². The van der Waals surface area contributed by atoms with Crippen LogP contribution in [0.15, 0.2) is 140 Å². The summed E-state index contributed by atoms with van der Waals surface area (Å²) in [5.41, 5.74) is 10.8. The summed E-state index contributed by atoms with van der Waals surface area (Å²) in [7, 11) is 0. The van der Waals surface area contributed by atoms with E-state index in [0.29, 0.717) is 0 Å². The smallest absolute Gasteiger partial charge is 0.0541 e. The van der Waals surface area contributed by atoms with Crippen LogP contribution in [0.25, 0.3) is 71.6 Å². The fourth-order valence-corrected chi connectivity index (χ4v) is 5.90. The van der Waals surface area contributed by atoms with Crippen LogP contribution in [0, 0.1) is 0 Å². The van der Waals surface area contributed by atoms with Gasteiger partial charge in [0.05, 0.1) is 11.0 Å². The predicted molar refractivity (Wildman–Crippen MR) is 161 cm³/mol. The first-order valence-electron chi connectivity index (χ1n) is 13.0. The van der Waals surface area contributed by atoms with Crippen LogP contribution in [-0.4, -0.2) is 9.55 Å². The predicted octanol–water partition coefficient (Wildman–Crippen LogP) is 9.75. The molecule has 38 heavy (non-hydrogen) atoms. The highest BCUT2D eigenvalue weighted by molar-refractivity contribution is 6.12. The number of aromatic nitrogens is 2. The Labute approximate surface area is 220 Å². The number of rotatable bonds is 3. The van der Waals surface area contributed by atoms with Gasteiger partial charge in [-0.15, -0.1) is 0 Å². The Hall–Kier alpha value is -5.08. The Bertz CT molecular complexity index is 2020. The second-order valence-corrected chi connectivity index (χ2v) is 9.93. The van der Waals surface area contributed by atoms with Gasteiger partial charge in [0.15, 0.2) is 0 Å². The van der Waals surface area contributed by atoms with Gasteiger partial charge in [-0.1, -0.05) is 97.1 Å². The average molecular weight is 485 g/mol. The van der Waals surface area contributed by atoms with Crippen LogP contribution < -0.4 is 0 Å². The highest BCUT2D eigenvalue weighted by atomic mass is 15.0. The van der Waals surface area contributed by atoms with E-state index in [9.17, 15) is 0 Å². The topological polar surface area (TPSA) is 20.7 Å². The number of benzene rings is 6. The number of hydrogen-bond acceptors (Lipinski definition) is 0. The number of nitrogens with zero attached hydrogens (tertiary/aromatic N) is 1. The van der Waals surface area contributed by atoms with Crippen molar-refractivity contribution in [2.24, 2.45) is 0 Å². The number of H-pyrrole nitrogens is 1. The molecule has 0 spiro atoms. The Morgan fingerprint density at radius 2 is 0.921 bits per heavy atom. The summed E-state index contributed by atoms with van der Waals surface area (Å²) in [6, 6.07) is 50.3. The number of aromatic amines is 1. The Morgan fingerprint density at radius 3 is 1.55 bits per heavy atom. The van der Waals surface area contributed by atoms with Crippen molar-refractivity contribution in [3.63, 3.8) is 0 Å². The van der Waals surface area contributed by atoms with E-state index in [2.05, 4.69) is 149 Å².